The molecule has 4 rings (SSSR count). The highest BCUT2D eigenvalue weighted by molar-refractivity contribution is 5.35. The topological polar surface area (TPSA) is 17.8 Å². The van der Waals surface area contributed by atoms with Crippen molar-refractivity contribution in [2.75, 3.05) is 55.4 Å². The zero-order valence-corrected chi connectivity index (χ0v) is 90.2. The molecule has 0 aliphatic rings. The fourth-order valence-electron chi connectivity index (χ4n) is 19.3. The predicted molar refractivity (Wildman–Crippen MR) is 592 cm³/mol. The van der Waals surface area contributed by atoms with Crippen molar-refractivity contribution in [2.24, 2.45) is 0 Å². The van der Waals surface area contributed by atoms with Crippen molar-refractivity contribution in [2.45, 2.75) is 608 Å². The quantitative estimate of drug-likeness (QED) is 0.0316. The van der Waals surface area contributed by atoms with Gasteiger partial charge in [0.25, 0.3) is 0 Å². The maximum atomic E-state index is 2.40. The Morgan fingerprint density at radius 3 is 0.385 bits per heavy atom. The SMILES string of the molecule is C.CCCCCCCCCCCCCCCCCCCc1ccc([NH+](C)CCCCCCCCCCCCCCCCCC)cc1.CCCCCCCCCCCCCCCCCCc1ccc([NH+](C)C)cc1.CCCCCCCCCCCCCCCCCCc1ccc([NH+](C)CCCCCCCCCCCCCCCCCC)cc1.CCCCc1ccc([NH+](C)C)cc1. The summed E-state index contributed by atoms with van der Waals surface area (Å²) in [5.41, 5.74) is 11.7. The summed E-state index contributed by atoms with van der Waals surface area (Å²) in [5.74, 6) is 0. The number of hydrogen-bond acceptors (Lipinski definition) is 0. The van der Waals surface area contributed by atoms with Crippen molar-refractivity contribution in [1.29, 1.82) is 0 Å². The number of aryl methyl sites for hydroxylation is 4. The van der Waals surface area contributed by atoms with E-state index in [1.165, 1.54) is 627 Å². The maximum Gasteiger partial charge on any atom is 0.130 e. The lowest BCUT2D eigenvalue weighted by Crippen LogP contribution is -3.03. The highest BCUT2D eigenvalue weighted by Gasteiger charge is 2.11. The highest BCUT2D eigenvalue weighted by Crippen LogP contribution is 2.23. The summed E-state index contributed by atoms with van der Waals surface area (Å²) in [7, 11) is 13.4. The van der Waals surface area contributed by atoms with Gasteiger partial charge < -0.3 is 19.6 Å². The smallest absolute Gasteiger partial charge is 0.130 e. The first kappa shape index (κ1) is 127. The molecule has 130 heavy (non-hydrogen) atoms. The number of quaternary nitrogens is 4. The van der Waals surface area contributed by atoms with Crippen molar-refractivity contribution in [3.05, 3.63) is 119 Å². The Balaban J connectivity index is 0.00000182. The van der Waals surface area contributed by atoms with Gasteiger partial charge in [-0.15, -0.1) is 0 Å². The Hall–Kier alpha value is -3.28. The summed E-state index contributed by atoms with van der Waals surface area (Å²) in [4.78, 5) is 5.97. The predicted octanol–water partition coefficient (Wildman–Crippen LogP) is 37.9. The van der Waals surface area contributed by atoms with E-state index in [9.17, 15) is 0 Å². The normalized spacial score (nSPS) is 11.8. The Morgan fingerprint density at radius 2 is 0.246 bits per heavy atom. The minimum absolute atomic E-state index is 0. The largest absolute Gasteiger partial charge is 0.307 e. The summed E-state index contributed by atoms with van der Waals surface area (Å²) in [6, 6.07) is 37.3. The summed E-state index contributed by atoms with van der Waals surface area (Å²) in [6.45, 7) is 16.3. The van der Waals surface area contributed by atoms with E-state index in [0.717, 1.165) is 0 Å². The van der Waals surface area contributed by atoms with Crippen LogP contribution < -0.4 is 19.6 Å². The van der Waals surface area contributed by atoms with Gasteiger partial charge in [0.1, 0.15) is 22.7 Å². The minimum Gasteiger partial charge on any atom is -0.307 e. The van der Waals surface area contributed by atoms with Crippen LogP contribution in [0.5, 0.6) is 0 Å². The van der Waals surface area contributed by atoms with Crippen LogP contribution in [-0.4, -0.2) is 55.4 Å². The van der Waals surface area contributed by atoms with Crippen molar-refractivity contribution >= 4 is 22.7 Å². The van der Waals surface area contributed by atoms with Crippen LogP contribution in [0.15, 0.2) is 97.1 Å². The molecule has 0 aromatic heterocycles. The molecule has 0 saturated heterocycles. The van der Waals surface area contributed by atoms with Crippen LogP contribution in [0.2, 0.25) is 0 Å². The van der Waals surface area contributed by atoms with E-state index in [-0.39, 0.29) is 7.43 Å². The van der Waals surface area contributed by atoms with Gasteiger partial charge in [-0.2, -0.15) is 0 Å². The molecule has 758 valence electrons. The van der Waals surface area contributed by atoms with E-state index in [2.05, 4.69) is 181 Å². The van der Waals surface area contributed by atoms with E-state index < -0.39 is 0 Å². The molecular formula is C126H238N4+4. The third kappa shape index (κ3) is 87.5. The van der Waals surface area contributed by atoms with Gasteiger partial charge in [0, 0.05) is 0 Å². The molecule has 4 N–H and O–H groups in total. The highest BCUT2D eigenvalue weighted by atomic mass is 15.1. The van der Waals surface area contributed by atoms with Crippen LogP contribution in [0.4, 0.5) is 22.7 Å². The third-order valence-electron chi connectivity index (χ3n) is 28.8. The Labute approximate surface area is 819 Å². The second-order valence-electron chi connectivity index (χ2n) is 42.1. The first-order chi connectivity index (χ1) is 63.5. The van der Waals surface area contributed by atoms with Crippen molar-refractivity contribution in [3.63, 3.8) is 0 Å². The van der Waals surface area contributed by atoms with Crippen molar-refractivity contribution in [3.8, 4) is 0 Å². The van der Waals surface area contributed by atoms with Gasteiger partial charge in [-0.25, -0.2) is 0 Å². The fourth-order valence-corrected chi connectivity index (χ4v) is 19.3. The number of unbranched alkanes of at least 4 members (excludes halogenated alkanes) is 77. The molecule has 0 radical (unpaired) electrons. The van der Waals surface area contributed by atoms with Crippen LogP contribution in [0.25, 0.3) is 0 Å². The standard InChI is InChI=1S/C44H83N.C43H81N.C26H47N.C12H19N.CH4/c1-4-6-8-10-12-14-16-18-20-22-23-25-27-29-31-33-35-37-43-38-40-44(41-39-43)45(3)42-36-34-32-30-28-26-24-21-19-17-15-13-11-9-7-5-2;1-4-6-8-10-12-14-16-18-20-22-24-26-28-30-32-34-36-42-37-39-43(40-38-42)44(3)41-35-33-31-29-27-25-23-21-19-17-15-13-11-9-7-5-2;1-4-5-6-7-8-9-10-11-12-13-14-15-16-17-18-19-20-25-21-23-26(24-22-25)27(2)3;1-4-5-6-11-7-9-12(10-8-11)13(2)3;/h38-41H,4-37,42H2,1-3H3;37-40H,4-36,41H2,1-3H3;21-24H,4-20H2,1-3H3;7-10H,4-6H2,1-3H3;1H4/p+4. The van der Waals surface area contributed by atoms with E-state index in [1.807, 2.05) is 0 Å². The van der Waals surface area contributed by atoms with Crippen LogP contribution >= 0.6 is 0 Å². The molecule has 0 fully saturated rings. The number of hydrogen-bond donors (Lipinski definition) is 4. The second kappa shape index (κ2) is 103. The molecule has 2 atom stereocenters. The fraction of sp³-hybridized carbons (Fsp3) is 0.810. The van der Waals surface area contributed by atoms with Gasteiger partial charge in [0.2, 0.25) is 0 Å². The average Bonchev–Trinajstić information content (AvgIpc) is 0.872. The van der Waals surface area contributed by atoms with Crippen LogP contribution in [0, 0.1) is 0 Å². The monoisotopic (exact) mass is 1810 g/mol. The van der Waals surface area contributed by atoms with Gasteiger partial charge in [0.15, 0.2) is 0 Å². The van der Waals surface area contributed by atoms with Crippen LogP contribution in [-0.2, 0) is 25.7 Å². The lowest BCUT2D eigenvalue weighted by molar-refractivity contribution is -0.810. The number of nitrogens with one attached hydrogen (secondary N) is 4. The van der Waals surface area contributed by atoms with Gasteiger partial charge >= 0.3 is 0 Å². The molecule has 0 amide bonds. The molecule has 0 saturated carbocycles. The molecule has 0 aliphatic heterocycles. The Morgan fingerprint density at radius 1 is 0.131 bits per heavy atom. The number of rotatable bonds is 93. The Kier molecular flexibility index (Phi) is 101. The zero-order valence-electron chi connectivity index (χ0n) is 90.2. The molecule has 4 aromatic carbocycles. The van der Waals surface area contributed by atoms with Crippen LogP contribution in [0.3, 0.4) is 0 Å². The summed E-state index contributed by atoms with van der Waals surface area (Å²) < 4.78 is 0. The molecule has 0 spiro atoms. The summed E-state index contributed by atoms with van der Waals surface area (Å²) in [6.07, 6.45) is 125. The zero-order chi connectivity index (χ0) is 93.2. The summed E-state index contributed by atoms with van der Waals surface area (Å²) >= 11 is 0. The van der Waals surface area contributed by atoms with Gasteiger partial charge in [-0.05, 0) is 148 Å². The molecule has 0 heterocycles. The van der Waals surface area contributed by atoms with E-state index in [1.54, 1.807) is 9.80 Å². The minimum atomic E-state index is 0. The molecule has 4 aromatic rings. The van der Waals surface area contributed by atoms with Crippen LogP contribution in [0.1, 0.15) is 604 Å². The van der Waals surface area contributed by atoms with Gasteiger partial charge in [-0.3, -0.25) is 0 Å². The summed E-state index contributed by atoms with van der Waals surface area (Å²) in [5, 5.41) is 0. The molecule has 2 unspecified atom stereocenters. The van der Waals surface area contributed by atoms with E-state index >= 15 is 0 Å². The number of benzene rings is 4. The first-order valence-corrected chi connectivity index (χ1v) is 59.1. The van der Waals surface area contributed by atoms with E-state index in [0.29, 0.717) is 0 Å². The second-order valence-corrected chi connectivity index (χ2v) is 42.1. The van der Waals surface area contributed by atoms with E-state index in [4.69, 9.17) is 0 Å². The maximum absolute atomic E-state index is 2.40. The molecule has 4 heteroatoms. The average molecular weight is 1810 g/mol. The molecule has 4 nitrogen and oxygen atoms in total. The van der Waals surface area contributed by atoms with Gasteiger partial charge in [0.05, 0.1) is 55.4 Å². The molecule has 0 aliphatic carbocycles. The third-order valence-corrected chi connectivity index (χ3v) is 28.8. The first-order valence-electron chi connectivity index (χ1n) is 59.1. The van der Waals surface area contributed by atoms with Gasteiger partial charge in [-0.1, -0.05) is 579 Å². The molecular weight excluding hydrogens is 1570 g/mol. The van der Waals surface area contributed by atoms with Crippen molar-refractivity contribution in [1.82, 2.24) is 0 Å². The lowest BCUT2D eigenvalue weighted by atomic mass is 10.0. The Bertz CT molecular complexity index is 2730. The van der Waals surface area contributed by atoms with Crippen molar-refractivity contribution < 1.29 is 19.6 Å². The molecule has 0 bridgehead atoms. The lowest BCUT2D eigenvalue weighted by Gasteiger charge is -2.14.